The zero-order chi connectivity index (χ0) is 21.6. The molecule has 0 amide bonds. The Labute approximate surface area is 176 Å². The van der Waals surface area contributed by atoms with Gasteiger partial charge in [-0.25, -0.2) is 4.79 Å². The molecule has 0 atom stereocenters. The van der Waals surface area contributed by atoms with Crippen LogP contribution in [-0.4, -0.2) is 28.8 Å². The van der Waals surface area contributed by atoms with E-state index >= 15 is 0 Å². The maximum Gasteiger partial charge on any atom is 0.348 e. The molecular weight excluding hydrogens is 400 g/mol. The van der Waals surface area contributed by atoms with Crippen LogP contribution in [0, 0.1) is 6.92 Å². The fraction of sp³-hybridized carbons (Fsp3) is 0.174. The first kappa shape index (κ1) is 19.8. The minimum atomic E-state index is -0.465. The highest BCUT2D eigenvalue weighted by atomic mass is 32.1. The lowest BCUT2D eigenvalue weighted by molar-refractivity contribution is 0.0531. The molecule has 2 aromatic carbocycles. The third kappa shape index (κ3) is 2.98. The highest BCUT2D eigenvalue weighted by Gasteiger charge is 2.29. The standard InChI is InChI=1S/C23H20N2O4S/c1-4-29-23(28)21-12(2)17-18(24)19(25(13(3)26)22(17)30-21)20(27)16-10-9-14-7-5-6-8-15(14)11-16/h5-11H,4,24H2,1-3H3. The number of rotatable bonds is 4. The van der Waals surface area contributed by atoms with Gasteiger partial charge in [-0.1, -0.05) is 36.4 Å². The Kier molecular flexibility index (Phi) is 4.91. The van der Waals surface area contributed by atoms with E-state index in [1.54, 1.807) is 26.0 Å². The van der Waals surface area contributed by atoms with E-state index in [0.717, 1.165) is 22.1 Å². The molecule has 7 heteroatoms. The van der Waals surface area contributed by atoms with E-state index in [0.29, 0.717) is 26.2 Å². The average molecular weight is 420 g/mol. The van der Waals surface area contributed by atoms with Crippen LogP contribution in [0.15, 0.2) is 42.5 Å². The Morgan fingerprint density at radius 1 is 1.10 bits per heavy atom. The molecule has 4 aromatic rings. The van der Waals surface area contributed by atoms with Crippen LogP contribution in [0.3, 0.4) is 0 Å². The fourth-order valence-electron chi connectivity index (χ4n) is 3.70. The van der Waals surface area contributed by atoms with Gasteiger partial charge in [0.1, 0.15) is 15.4 Å². The van der Waals surface area contributed by atoms with E-state index in [2.05, 4.69) is 0 Å². The molecule has 0 aliphatic rings. The molecular formula is C23H20N2O4S. The lowest BCUT2D eigenvalue weighted by Gasteiger charge is -2.08. The molecule has 0 spiro atoms. The molecule has 0 saturated heterocycles. The number of anilines is 1. The van der Waals surface area contributed by atoms with E-state index in [-0.39, 0.29) is 29.7 Å². The van der Waals surface area contributed by atoms with Crippen molar-refractivity contribution in [3.8, 4) is 0 Å². The van der Waals surface area contributed by atoms with Gasteiger partial charge in [-0.15, -0.1) is 11.3 Å². The van der Waals surface area contributed by atoms with Crippen LogP contribution < -0.4 is 5.73 Å². The summed E-state index contributed by atoms with van der Waals surface area (Å²) in [5, 5.41) is 2.48. The molecule has 0 aliphatic carbocycles. The quantitative estimate of drug-likeness (QED) is 0.378. The number of carbonyl (C=O) groups is 3. The number of thiophene rings is 1. The summed E-state index contributed by atoms with van der Waals surface area (Å²) in [6, 6.07) is 13.1. The Morgan fingerprint density at radius 3 is 2.47 bits per heavy atom. The number of benzene rings is 2. The molecule has 0 unspecified atom stereocenters. The van der Waals surface area contributed by atoms with E-state index in [1.165, 1.54) is 11.5 Å². The minimum Gasteiger partial charge on any atom is -0.462 e. The Bertz CT molecular complexity index is 1350. The topological polar surface area (TPSA) is 91.4 Å². The first-order valence-corrected chi connectivity index (χ1v) is 10.3. The largest absolute Gasteiger partial charge is 0.462 e. The predicted octanol–water partition coefficient (Wildman–Crippen LogP) is 4.81. The number of nitrogens with two attached hydrogens (primary N) is 1. The van der Waals surface area contributed by atoms with Gasteiger partial charge in [-0.3, -0.25) is 14.2 Å². The monoisotopic (exact) mass is 420 g/mol. The molecule has 6 nitrogen and oxygen atoms in total. The summed E-state index contributed by atoms with van der Waals surface area (Å²) >= 11 is 1.11. The van der Waals surface area contributed by atoms with Gasteiger partial charge >= 0.3 is 5.97 Å². The van der Waals surface area contributed by atoms with Gasteiger partial charge in [0.2, 0.25) is 11.7 Å². The summed E-state index contributed by atoms with van der Waals surface area (Å²) in [7, 11) is 0. The number of ketones is 1. The molecule has 2 aromatic heterocycles. The van der Waals surface area contributed by atoms with Crippen molar-refractivity contribution in [3.63, 3.8) is 0 Å². The second kappa shape index (κ2) is 7.42. The summed E-state index contributed by atoms with van der Waals surface area (Å²) in [5.74, 6) is -1.15. The van der Waals surface area contributed by atoms with Gasteiger partial charge in [0.15, 0.2) is 0 Å². The van der Waals surface area contributed by atoms with Crippen molar-refractivity contribution in [2.45, 2.75) is 20.8 Å². The van der Waals surface area contributed by atoms with Crippen molar-refractivity contribution >= 4 is 55.7 Å². The normalized spacial score (nSPS) is 11.2. The first-order chi connectivity index (χ1) is 14.3. The summed E-state index contributed by atoms with van der Waals surface area (Å²) in [6.45, 7) is 5.09. The van der Waals surface area contributed by atoms with Crippen molar-refractivity contribution in [2.75, 3.05) is 12.3 Å². The molecule has 0 radical (unpaired) electrons. The zero-order valence-corrected chi connectivity index (χ0v) is 17.6. The lowest BCUT2D eigenvalue weighted by Crippen LogP contribution is -2.16. The van der Waals surface area contributed by atoms with Crippen LogP contribution >= 0.6 is 11.3 Å². The smallest absolute Gasteiger partial charge is 0.348 e. The molecule has 0 aliphatic heterocycles. The SMILES string of the molecule is CCOC(=O)c1sc2c(c1C)c(N)c(C(=O)c1ccc3ccccc3c1)n2C(C)=O. The van der Waals surface area contributed by atoms with E-state index in [1.807, 2.05) is 30.3 Å². The van der Waals surface area contributed by atoms with E-state index in [4.69, 9.17) is 10.5 Å². The highest BCUT2D eigenvalue weighted by Crippen LogP contribution is 2.40. The fourth-order valence-corrected chi connectivity index (χ4v) is 4.96. The van der Waals surface area contributed by atoms with Gasteiger partial charge in [0.25, 0.3) is 0 Å². The zero-order valence-electron chi connectivity index (χ0n) is 16.8. The average Bonchev–Trinajstić information content (AvgIpc) is 3.21. The van der Waals surface area contributed by atoms with Crippen LogP contribution in [0.4, 0.5) is 5.69 Å². The second-order valence-corrected chi connectivity index (χ2v) is 7.96. The number of aryl methyl sites for hydroxylation is 1. The molecule has 0 saturated carbocycles. The summed E-state index contributed by atoms with van der Waals surface area (Å²) < 4.78 is 6.41. The third-order valence-electron chi connectivity index (χ3n) is 5.08. The first-order valence-electron chi connectivity index (χ1n) is 9.50. The molecule has 2 heterocycles. The van der Waals surface area contributed by atoms with Crippen molar-refractivity contribution in [1.29, 1.82) is 0 Å². The van der Waals surface area contributed by atoms with Crippen molar-refractivity contribution in [1.82, 2.24) is 4.57 Å². The number of nitrogens with zero attached hydrogens (tertiary/aromatic N) is 1. The number of nitrogen functional groups attached to an aromatic ring is 1. The predicted molar refractivity (Wildman–Crippen MR) is 119 cm³/mol. The number of aromatic nitrogens is 1. The highest BCUT2D eigenvalue weighted by molar-refractivity contribution is 7.21. The van der Waals surface area contributed by atoms with Gasteiger partial charge in [0, 0.05) is 17.9 Å². The van der Waals surface area contributed by atoms with E-state index in [9.17, 15) is 14.4 Å². The van der Waals surface area contributed by atoms with Gasteiger partial charge in [-0.2, -0.15) is 0 Å². The maximum absolute atomic E-state index is 13.4. The number of ether oxygens (including phenoxy) is 1. The summed E-state index contributed by atoms with van der Waals surface area (Å²) in [5.41, 5.74) is 7.75. The van der Waals surface area contributed by atoms with Crippen molar-refractivity contribution in [3.05, 3.63) is 64.2 Å². The summed E-state index contributed by atoms with van der Waals surface area (Å²) in [6.07, 6.45) is 0. The van der Waals surface area contributed by atoms with Crippen molar-refractivity contribution < 1.29 is 19.1 Å². The molecule has 30 heavy (non-hydrogen) atoms. The number of hydrogen-bond donors (Lipinski definition) is 1. The Hall–Kier alpha value is -3.45. The van der Waals surface area contributed by atoms with Crippen LogP contribution in [0.2, 0.25) is 0 Å². The van der Waals surface area contributed by atoms with Crippen molar-refractivity contribution in [2.24, 2.45) is 0 Å². The number of esters is 1. The van der Waals surface area contributed by atoms with Crippen LogP contribution in [0.1, 0.15) is 49.9 Å². The van der Waals surface area contributed by atoms with Gasteiger partial charge in [-0.05, 0) is 36.2 Å². The summed E-state index contributed by atoms with van der Waals surface area (Å²) in [4.78, 5) is 39.0. The lowest BCUT2D eigenvalue weighted by atomic mass is 10.0. The maximum atomic E-state index is 13.4. The van der Waals surface area contributed by atoms with Crippen LogP contribution in [0.25, 0.3) is 21.0 Å². The minimum absolute atomic E-state index is 0.123. The molecule has 0 fully saturated rings. The van der Waals surface area contributed by atoms with Crippen LogP contribution in [-0.2, 0) is 4.74 Å². The second-order valence-electron chi connectivity index (χ2n) is 6.96. The van der Waals surface area contributed by atoms with Gasteiger partial charge < -0.3 is 10.5 Å². The molecule has 152 valence electrons. The Balaban J connectivity index is 1.92. The number of carbonyl (C=O) groups excluding carboxylic acids is 3. The number of fused-ring (bicyclic) bond motifs is 2. The molecule has 2 N–H and O–H groups in total. The van der Waals surface area contributed by atoms with Crippen LogP contribution in [0.5, 0.6) is 0 Å². The third-order valence-corrected chi connectivity index (χ3v) is 6.34. The Morgan fingerprint density at radius 2 is 1.80 bits per heavy atom. The molecule has 0 bridgehead atoms. The number of hydrogen-bond acceptors (Lipinski definition) is 6. The molecule has 4 rings (SSSR count). The van der Waals surface area contributed by atoms with Gasteiger partial charge in [0.05, 0.1) is 12.3 Å². The van der Waals surface area contributed by atoms with E-state index < -0.39 is 5.97 Å².